The third-order valence-electron chi connectivity index (χ3n) is 3.18. The van der Waals surface area contributed by atoms with E-state index in [-0.39, 0.29) is 5.41 Å². The fourth-order valence-corrected chi connectivity index (χ4v) is 3.56. The third kappa shape index (κ3) is 2.41. The molecule has 0 radical (unpaired) electrons. The lowest BCUT2D eigenvalue weighted by atomic mass is 9.79. The Hall–Kier alpha value is -0.950. The van der Waals surface area contributed by atoms with Crippen LogP contribution in [0.4, 0.5) is 0 Å². The van der Waals surface area contributed by atoms with E-state index in [1.807, 2.05) is 0 Å². The van der Waals surface area contributed by atoms with Gasteiger partial charge in [0.15, 0.2) is 5.82 Å². The van der Waals surface area contributed by atoms with Crippen LogP contribution in [-0.4, -0.2) is 32.4 Å². The highest BCUT2D eigenvalue weighted by molar-refractivity contribution is 7.85. The van der Waals surface area contributed by atoms with E-state index in [0.29, 0.717) is 30.3 Å². The maximum absolute atomic E-state index is 11.3. The zero-order valence-electron chi connectivity index (χ0n) is 8.90. The Morgan fingerprint density at radius 1 is 1.50 bits per heavy atom. The summed E-state index contributed by atoms with van der Waals surface area (Å²) in [5.41, 5.74) is 5.70. The molecule has 1 aliphatic rings. The van der Waals surface area contributed by atoms with Crippen molar-refractivity contribution in [3.05, 3.63) is 16.4 Å². The summed E-state index contributed by atoms with van der Waals surface area (Å²) >= 11 is 0. The largest absolute Gasteiger partial charge is 0.438 e. The van der Waals surface area contributed by atoms with Crippen LogP contribution < -0.4 is 11.5 Å². The summed E-state index contributed by atoms with van der Waals surface area (Å²) < 4.78 is 15.8. The van der Waals surface area contributed by atoms with Crippen LogP contribution in [-0.2, 0) is 17.2 Å². The summed E-state index contributed by atoms with van der Waals surface area (Å²) in [5, 5.41) is 3.65. The van der Waals surface area contributed by atoms with Crippen LogP contribution in [0.5, 0.6) is 0 Å². The number of nitrogens with two attached hydrogens (primary N) is 1. The molecule has 16 heavy (non-hydrogen) atoms. The molecule has 6 nitrogen and oxygen atoms in total. The summed E-state index contributed by atoms with van der Waals surface area (Å²) in [6.07, 6.45) is 2.21. The topological polar surface area (TPSA) is 102 Å². The van der Waals surface area contributed by atoms with Gasteiger partial charge in [0.25, 0.3) is 0 Å². The van der Waals surface area contributed by atoms with E-state index in [2.05, 4.69) is 14.7 Å². The van der Waals surface area contributed by atoms with Crippen molar-refractivity contribution >= 4 is 10.8 Å². The van der Waals surface area contributed by atoms with Gasteiger partial charge in [-0.1, -0.05) is 5.16 Å². The Morgan fingerprint density at radius 2 is 2.19 bits per heavy atom. The Balaban J connectivity index is 2.10. The second-order valence-electron chi connectivity index (χ2n) is 4.27. The number of nitrogens with one attached hydrogen (secondary N) is 1. The van der Waals surface area contributed by atoms with Crippen LogP contribution in [0.15, 0.2) is 9.32 Å². The first-order valence-corrected chi connectivity index (χ1v) is 6.72. The highest BCUT2D eigenvalue weighted by Gasteiger charge is 2.34. The summed E-state index contributed by atoms with van der Waals surface area (Å²) in [5.74, 6) is 1.35. The molecule has 2 rings (SSSR count). The number of aromatic nitrogens is 2. The van der Waals surface area contributed by atoms with Crippen molar-refractivity contribution in [2.75, 3.05) is 18.1 Å². The quantitative estimate of drug-likeness (QED) is 0.740. The fraction of sp³-hybridized carbons (Fsp3) is 0.778. The van der Waals surface area contributed by atoms with Gasteiger partial charge in [-0.25, -0.2) is 4.79 Å². The highest BCUT2D eigenvalue weighted by Crippen LogP contribution is 2.33. The van der Waals surface area contributed by atoms with Gasteiger partial charge in [0.1, 0.15) is 0 Å². The van der Waals surface area contributed by atoms with Gasteiger partial charge in [-0.15, -0.1) is 0 Å². The molecule has 0 saturated carbocycles. The molecule has 1 fully saturated rings. The Labute approximate surface area is 95.0 Å². The maximum atomic E-state index is 11.3. The van der Waals surface area contributed by atoms with E-state index in [4.69, 9.17) is 5.73 Å². The molecular formula is C9H15N3O3S. The maximum Gasteiger partial charge on any atom is 0.438 e. The van der Waals surface area contributed by atoms with Crippen molar-refractivity contribution in [3.8, 4) is 0 Å². The standard InChI is InChI=1S/C9H15N3O3S/c10-6-9(1-3-16(14)4-2-9)5-7-11-8(13)15-12-7/h1-6,10H2,(H,11,12,13). The average molecular weight is 245 g/mol. The molecular weight excluding hydrogens is 230 g/mol. The van der Waals surface area contributed by atoms with Crippen molar-refractivity contribution in [1.82, 2.24) is 10.1 Å². The molecule has 2 heterocycles. The van der Waals surface area contributed by atoms with Crippen molar-refractivity contribution in [2.45, 2.75) is 19.3 Å². The van der Waals surface area contributed by atoms with E-state index in [0.717, 1.165) is 12.8 Å². The smallest absolute Gasteiger partial charge is 0.330 e. The van der Waals surface area contributed by atoms with E-state index < -0.39 is 16.6 Å². The highest BCUT2D eigenvalue weighted by atomic mass is 32.2. The van der Waals surface area contributed by atoms with E-state index >= 15 is 0 Å². The molecule has 0 aliphatic carbocycles. The molecule has 0 spiro atoms. The van der Waals surface area contributed by atoms with Gasteiger partial charge in [0.05, 0.1) is 0 Å². The summed E-state index contributed by atoms with van der Waals surface area (Å²) in [4.78, 5) is 13.3. The first-order valence-electron chi connectivity index (χ1n) is 5.23. The van der Waals surface area contributed by atoms with Gasteiger partial charge in [-0.3, -0.25) is 13.7 Å². The first-order chi connectivity index (χ1) is 7.63. The van der Waals surface area contributed by atoms with Crippen LogP contribution in [0.3, 0.4) is 0 Å². The minimum atomic E-state index is -0.713. The van der Waals surface area contributed by atoms with Crippen LogP contribution in [0.25, 0.3) is 0 Å². The number of aromatic amines is 1. The number of H-pyrrole nitrogens is 1. The van der Waals surface area contributed by atoms with Crippen LogP contribution in [0.1, 0.15) is 18.7 Å². The minimum absolute atomic E-state index is 0.0896. The van der Waals surface area contributed by atoms with Gasteiger partial charge in [-0.05, 0) is 24.8 Å². The van der Waals surface area contributed by atoms with Gasteiger partial charge in [-0.2, -0.15) is 0 Å². The van der Waals surface area contributed by atoms with Crippen molar-refractivity contribution in [3.63, 3.8) is 0 Å². The van der Waals surface area contributed by atoms with Crippen molar-refractivity contribution in [2.24, 2.45) is 11.1 Å². The summed E-state index contributed by atoms with van der Waals surface area (Å²) in [6, 6.07) is 0. The van der Waals surface area contributed by atoms with E-state index in [1.54, 1.807) is 0 Å². The molecule has 1 saturated heterocycles. The second-order valence-corrected chi connectivity index (χ2v) is 5.97. The molecule has 1 aromatic rings. The zero-order chi connectivity index (χ0) is 11.6. The second kappa shape index (κ2) is 4.50. The Kier molecular flexibility index (Phi) is 3.25. The number of nitrogens with zero attached hydrogens (tertiary/aromatic N) is 1. The lowest BCUT2D eigenvalue weighted by Crippen LogP contribution is -2.39. The molecule has 3 N–H and O–H groups in total. The molecule has 0 amide bonds. The normalized spacial score (nSPS) is 30.4. The number of hydrogen-bond donors (Lipinski definition) is 2. The third-order valence-corrected chi connectivity index (χ3v) is 4.50. The monoisotopic (exact) mass is 245 g/mol. The molecule has 7 heteroatoms. The van der Waals surface area contributed by atoms with Crippen molar-refractivity contribution < 1.29 is 8.73 Å². The lowest BCUT2D eigenvalue weighted by Gasteiger charge is -2.34. The molecule has 0 atom stereocenters. The van der Waals surface area contributed by atoms with Gasteiger partial charge >= 0.3 is 5.76 Å². The van der Waals surface area contributed by atoms with Crippen molar-refractivity contribution in [1.29, 1.82) is 0 Å². The lowest BCUT2D eigenvalue weighted by molar-refractivity contribution is 0.257. The number of hydrogen-bond acceptors (Lipinski definition) is 5. The van der Waals surface area contributed by atoms with Crippen LogP contribution in [0, 0.1) is 5.41 Å². The molecule has 0 unspecified atom stereocenters. The average Bonchev–Trinajstić information content (AvgIpc) is 2.68. The Morgan fingerprint density at radius 3 is 2.69 bits per heavy atom. The van der Waals surface area contributed by atoms with Gasteiger partial charge in [0.2, 0.25) is 0 Å². The molecule has 1 aromatic heterocycles. The Bertz CT molecular complexity index is 429. The zero-order valence-corrected chi connectivity index (χ0v) is 9.72. The SMILES string of the molecule is NCC1(Cc2noc(=O)[nH]2)CCS(=O)CC1. The van der Waals surface area contributed by atoms with E-state index in [9.17, 15) is 9.00 Å². The summed E-state index contributed by atoms with van der Waals surface area (Å²) in [7, 11) is -0.713. The minimum Gasteiger partial charge on any atom is -0.330 e. The molecule has 1 aliphatic heterocycles. The first kappa shape index (κ1) is 11.5. The predicted octanol–water partition coefficient (Wildman–Crippen LogP) is -0.607. The molecule has 0 bridgehead atoms. The van der Waals surface area contributed by atoms with E-state index in [1.165, 1.54) is 0 Å². The van der Waals surface area contributed by atoms with Gasteiger partial charge < -0.3 is 5.73 Å². The summed E-state index contributed by atoms with van der Waals surface area (Å²) in [6.45, 7) is 0.513. The molecule has 0 aromatic carbocycles. The van der Waals surface area contributed by atoms with Crippen LogP contribution >= 0.6 is 0 Å². The molecule has 90 valence electrons. The number of rotatable bonds is 3. The predicted molar refractivity (Wildman–Crippen MR) is 59.4 cm³/mol. The van der Waals surface area contributed by atoms with Crippen LogP contribution in [0.2, 0.25) is 0 Å². The fourth-order valence-electron chi connectivity index (χ4n) is 2.03. The van der Waals surface area contributed by atoms with Gasteiger partial charge in [0, 0.05) is 28.7 Å².